The molecular formula is C56H86Br2N2O2S2. The van der Waals surface area contributed by atoms with Crippen LogP contribution in [0, 0.1) is 11.8 Å². The van der Waals surface area contributed by atoms with Gasteiger partial charge in [-0.2, -0.15) is 0 Å². The van der Waals surface area contributed by atoms with Crippen molar-refractivity contribution in [3.8, 4) is 0 Å². The van der Waals surface area contributed by atoms with E-state index in [0.717, 1.165) is 62.6 Å². The maximum absolute atomic E-state index is 15.0. The van der Waals surface area contributed by atoms with Gasteiger partial charge >= 0.3 is 0 Å². The Kier molecular flexibility index (Phi) is 25.2. The first-order chi connectivity index (χ1) is 31.3. The Morgan fingerprint density at radius 3 is 0.938 bits per heavy atom. The number of pyridine rings is 2. The maximum Gasteiger partial charge on any atom is 0.259 e. The summed E-state index contributed by atoms with van der Waals surface area (Å²) in [7, 11) is 0. The highest BCUT2D eigenvalue weighted by Gasteiger charge is 2.22. The molecule has 0 aliphatic heterocycles. The Bertz CT molecular complexity index is 2060. The van der Waals surface area contributed by atoms with Crippen LogP contribution in [0.5, 0.6) is 0 Å². The van der Waals surface area contributed by atoms with E-state index < -0.39 is 0 Å². The van der Waals surface area contributed by atoms with Gasteiger partial charge in [0.15, 0.2) is 0 Å². The molecule has 5 rings (SSSR count). The van der Waals surface area contributed by atoms with Crippen molar-refractivity contribution in [2.75, 3.05) is 0 Å². The lowest BCUT2D eigenvalue weighted by Gasteiger charge is -2.21. The minimum Gasteiger partial charge on any atom is -0.307 e. The molecule has 1 aromatic carbocycles. The van der Waals surface area contributed by atoms with Crippen molar-refractivity contribution in [2.45, 2.75) is 246 Å². The summed E-state index contributed by atoms with van der Waals surface area (Å²) in [6.07, 6.45) is 41.5. The summed E-state index contributed by atoms with van der Waals surface area (Å²) in [5, 5.41) is 3.35. The highest BCUT2D eigenvalue weighted by molar-refractivity contribution is 9.11. The Morgan fingerprint density at radius 2 is 0.656 bits per heavy atom. The average Bonchev–Trinajstić information content (AvgIpc) is 3.89. The molecule has 0 bridgehead atoms. The van der Waals surface area contributed by atoms with Crippen LogP contribution >= 0.6 is 54.5 Å². The maximum atomic E-state index is 15.0. The van der Waals surface area contributed by atoms with E-state index in [0.29, 0.717) is 11.8 Å². The Labute approximate surface area is 413 Å². The van der Waals surface area contributed by atoms with E-state index in [1.54, 1.807) is 22.7 Å². The first-order valence-electron chi connectivity index (χ1n) is 26.7. The first kappa shape index (κ1) is 53.5. The number of benzene rings is 1. The molecular weight excluding hydrogens is 957 g/mol. The summed E-state index contributed by atoms with van der Waals surface area (Å²) in [6.45, 7) is 10.7. The van der Waals surface area contributed by atoms with Gasteiger partial charge in [0, 0.05) is 34.6 Å². The van der Waals surface area contributed by atoms with Gasteiger partial charge in [-0.25, -0.2) is 0 Å². The van der Waals surface area contributed by atoms with Gasteiger partial charge in [0.2, 0.25) is 0 Å². The third kappa shape index (κ3) is 16.3. The lowest BCUT2D eigenvalue weighted by Crippen LogP contribution is -2.26. The minimum absolute atomic E-state index is 0.0934. The molecule has 0 N–H and O–H groups in total. The van der Waals surface area contributed by atoms with E-state index >= 15 is 0 Å². The van der Waals surface area contributed by atoms with Gasteiger partial charge in [0.25, 0.3) is 11.1 Å². The molecule has 0 amide bonds. The van der Waals surface area contributed by atoms with Crippen molar-refractivity contribution in [3.05, 3.63) is 52.5 Å². The number of fused-ring (bicyclic) bond motifs is 6. The topological polar surface area (TPSA) is 44.0 Å². The summed E-state index contributed by atoms with van der Waals surface area (Å²) >= 11 is 11.1. The minimum atomic E-state index is 0.0934. The van der Waals surface area contributed by atoms with Crippen LogP contribution in [0.3, 0.4) is 0 Å². The normalized spacial score (nSPS) is 13.1. The second-order valence-electron chi connectivity index (χ2n) is 19.7. The molecule has 4 nitrogen and oxygen atoms in total. The van der Waals surface area contributed by atoms with Gasteiger partial charge < -0.3 is 9.13 Å². The summed E-state index contributed by atoms with van der Waals surface area (Å²) in [5.74, 6) is 0.956. The van der Waals surface area contributed by atoms with E-state index in [1.165, 1.54) is 205 Å². The van der Waals surface area contributed by atoms with Gasteiger partial charge in [0.05, 0.1) is 28.0 Å². The van der Waals surface area contributed by atoms with E-state index in [9.17, 15) is 9.59 Å². The lowest BCUT2D eigenvalue weighted by molar-refractivity contribution is 0.358. The summed E-state index contributed by atoms with van der Waals surface area (Å²) in [6, 6.07) is 8.53. The standard InChI is InChI=1S/C56H86Br2N2O2S2/c1-5-9-13-17-21-23-27-31-35-43(33-29-25-19-15-11-7-3)41-59-49-39-51(57)63-53(49)45-38-48-46(37-47(45)55(59)61)54-50(40-52(58)64-54)60(56(48)62)42-44(34-30-26-20-16-12-8-4)36-32-28-24-22-18-14-10-6-2/h37-40,43-44H,5-36,41-42H2,1-4H3. The molecule has 64 heavy (non-hydrogen) atoms. The first-order valence-corrected chi connectivity index (χ1v) is 29.9. The van der Waals surface area contributed by atoms with Crippen LogP contribution in [0.1, 0.15) is 233 Å². The largest absolute Gasteiger partial charge is 0.307 e. The van der Waals surface area contributed by atoms with Crippen molar-refractivity contribution in [1.29, 1.82) is 0 Å². The number of thiophene rings is 2. The molecule has 0 aliphatic rings. The molecule has 4 aromatic heterocycles. The zero-order valence-electron chi connectivity index (χ0n) is 40.8. The molecule has 358 valence electrons. The second kappa shape index (κ2) is 30.1. The van der Waals surface area contributed by atoms with Crippen LogP contribution in [0.15, 0.2) is 41.4 Å². The molecule has 2 atom stereocenters. The van der Waals surface area contributed by atoms with Crippen LogP contribution in [-0.2, 0) is 13.1 Å². The highest BCUT2D eigenvalue weighted by atomic mass is 79.9. The van der Waals surface area contributed by atoms with E-state index in [2.05, 4.69) is 93.0 Å². The Hall–Kier alpha value is -1.48. The molecule has 0 saturated heterocycles. The number of unbranched alkanes of at least 4 members (excludes halogenated alkanes) is 24. The van der Waals surface area contributed by atoms with E-state index in [-0.39, 0.29) is 11.1 Å². The number of aromatic nitrogens is 2. The average molecular weight is 1040 g/mol. The molecule has 0 fully saturated rings. The Morgan fingerprint density at radius 1 is 0.391 bits per heavy atom. The lowest BCUT2D eigenvalue weighted by atomic mass is 9.93. The van der Waals surface area contributed by atoms with Crippen molar-refractivity contribution in [1.82, 2.24) is 9.13 Å². The predicted molar refractivity (Wildman–Crippen MR) is 294 cm³/mol. The third-order valence-corrected chi connectivity index (χ3v) is 17.6. The number of nitrogens with zero attached hydrogens (tertiary/aromatic N) is 2. The number of halogens is 2. The molecule has 0 spiro atoms. The summed E-state index contributed by atoms with van der Waals surface area (Å²) < 4.78 is 8.54. The zero-order valence-corrected chi connectivity index (χ0v) is 45.6. The number of rotatable bonds is 36. The van der Waals surface area contributed by atoms with Crippen LogP contribution < -0.4 is 11.1 Å². The molecule has 0 radical (unpaired) electrons. The fourth-order valence-corrected chi connectivity index (χ4v) is 13.7. The third-order valence-electron chi connectivity index (χ3n) is 14.3. The summed E-state index contributed by atoms with van der Waals surface area (Å²) in [4.78, 5) is 30.0. The van der Waals surface area contributed by atoms with Gasteiger partial charge in [-0.05, 0) is 93.6 Å². The van der Waals surface area contributed by atoms with Crippen molar-refractivity contribution < 1.29 is 0 Å². The smallest absolute Gasteiger partial charge is 0.259 e. The highest BCUT2D eigenvalue weighted by Crippen LogP contribution is 2.40. The van der Waals surface area contributed by atoms with Crippen LogP contribution in [0.25, 0.3) is 42.0 Å². The van der Waals surface area contributed by atoms with Crippen molar-refractivity contribution >= 4 is 96.5 Å². The van der Waals surface area contributed by atoms with Crippen LogP contribution in [-0.4, -0.2) is 9.13 Å². The SMILES string of the molecule is CCCCCCCCCCC(CCCCCCCC)Cn1c(=O)c2cc3c(cc2c2sc(Br)cc21)c(=O)n(CC(CCCCCCCC)CCCCCCCCCC)c1cc(Br)sc31. The molecule has 0 aliphatic carbocycles. The van der Waals surface area contributed by atoms with Crippen LogP contribution in [0.4, 0.5) is 0 Å². The molecule has 4 heterocycles. The fourth-order valence-electron chi connectivity index (χ4n) is 10.4. The van der Waals surface area contributed by atoms with Gasteiger partial charge in [0.1, 0.15) is 0 Å². The number of hydrogen-bond donors (Lipinski definition) is 0. The van der Waals surface area contributed by atoms with Gasteiger partial charge in [-0.15, -0.1) is 22.7 Å². The van der Waals surface area contributed by atoms with Crippen molar-refractivity contribution in [3.63, 3.8) is 0 Å². The monoisotopic (exact) mass is 1040 g/mol. The quantitative estimate of drug-likeness (QED) is 0.0296. The fraction of sp³-hybridized carbons (Fsp3) is 0.714. The van der Waals surface area contributed by atoms with Gasteiger partial charge in [-0.3, -0.25) is 9.59 Å². The predicted octanol–water partition coefficient (Wildman–Crippen LogP) is 20.1. The second-order valence-corrected chi connectivity index (χ2v) is 24.5. The molecule has 8 heteroatoms. The Balaban J connectivity index is 1.45. The number of hydrogen-bond acceptors (Lipinski definition) is 4. The van der Waals surface area contributed by atoms with Crippen molar-refractivity contribution in [2.24, 2.45) is 11.8 Å². The van der Waals surface area contributed by atoms with Crippen LogP contribution in [0.2, 0.25) is 0 Å². The zero-order chi connectivity index (χ0) is 45.5. The van der Waals surface area contributed by atoms with Gasteiger partial charge in [-0.1, -0.05) is 207 Å². The van der Waals surface area contributed by atoms with E-state index in [4.69, 9.17) is 0 Å². The van der Waals surface area contributed by atoms with E-state index in [1.807, 2.05) is 0 Å². The summed E-state index contributed by atoms with van der Waals surface area (Å²) in [5.41, 5.74) is 2.22. The molecule has 2 unspecified atom stereocenters. The molecule has 0 saturated carbocycles. The molecule has 5 aromatic rings.